The van der Waals surface area contributed by atoms with Gasteiger partial charge < -0.3 is 10.5 Å². The summed E-state index contributed by atoms with van der Waals surface area (Å²) in [5, 5.41) is 0. The summed E-state index contributed by atoms with van der Waals surface area (Å²) in [5.41, 5.74) is 6.71. The van der Waals surface area contributed by atoms with E-state index in [1.165, 1.54) is 23.5 Å². The highest BCUT2D eigenvalue weighted by atomic mass is 35.5. The van der Waals surface area contributed by atoms with Crippen LogP contribution in [0.5, 0.6) is 5.75 Å². The van der Waals surface area contributed by atoms with Crippen LogP contribution in [0, 0.1) is 12.7 Å². The zero-order valence-electron chi connectivity index (χ0n) is 10.7. The van der Waals surface area contributed by atoms with Crippen LogP contribution in [-0.4, -0.2) is 6.04 Å². The molecule has 2 aromatic rings. The van der Waals surface area contributed by atoms with E-state index in [9.17, 15) is 4.39 Å². The van der Waals surface area contributed by atoms with Crippen LogP contribution in [0.15, 0.2) is 30.3 Å². The molecule has 0 fully saturated rings. The number of hydrogen-bond acceptors (Lipinski definition) is 3. The molecule has 1 aromatic heterocycles. The lowest BCUT2D eigenvalue weighted by Crippen LogP contribution is -2.28. The summed E-state index contributed by atoms with van der Waals surface area (Å²) < 4.78 is 19.7. The second kappa shape index (κ2) is 5.90. The first-order valence-electron chi connectivity index (χ1n) is 5.91. The molecule has 2 rings (SSSR count). The predicted octanol–water partition coefficient (Wildman–Crippen LogP) is 4.32. The van der Waals surface area contributed by atoms with Gasteiger partial charge in [0.1, 0.15) is 17.7 Å². The van der Waals surface area contributed by atoms with Crippen LogP contribution in [0.3, 0.4) is 0 Å². The average Bonchev–Trinajstić information content (AvgIpc) is 2.74. The van der Waals surface area contributed by atoms with Crippen molar-refractivity contribution in [1.82, 2.24) is 0 Å². The number of halogens is 2. The summed E-state index contributed by atoms with van der Waals surface area (Å²) in [7, 11) is 0. The molecule has 0 spiro atoms. The molecular weight excluding hydrogens is 285 g/mol. The minimum Gasteiger partial charge on any atom is -0.483 e. The highest BCUT2D eigenvalue weighted by Crippen LogP contribution is 2.33. The molecule has 19 heavy (non-hydrogen) atoms. The molecule has 2 unspecified atom stereocenters. The fraction of sp³-hybridized carbons (Fsp3) is 0.286. The molecule has 0 bridgehead atoms. The number of nitrogens with two attached hydrogens (primary N) is 1. The molecule has 2 atom stereocenters. The van der Waals surface area contributed by atoms with Gasteiger partial charge in [0.05, 0.1) is 4.34 Å². The maximum Gasteiger partial charge on any atom is 0.148 e. The Kier molecular flexibility index (Phi) is 4.45. The quantitative estimate of drug-likeness (QED) is 0.912. The van der Waals surface area contributed by atoms with Gasteiger partial charge in [-0.3, -0.25) is 0 Å². The Morgan fingerprint density at radius 3 is 2.58 bits per heavy atom. The minimum absolute atomic E-state index is 0.195. The summed E-state index contributed by atoms with van der Waals surface area (Å²) >= 11 is 7.38. The van der Waals surface area contributed by atoms with Crippen LogP contribution in [0.25, 0.3) is 0 Å². The Bertz CT molecular complexity index is 570. The highest BCUT2D eigenvalue weighted by molar-refractivity contribution is 7.16. The van der Waals surface area contributed by atoms with E-state index in [0.717, 1.165) is 10.4 Å². The van der Waals surface area contributed by atoms with Gasteiger partial charge in [0, 0.05) is 10.9 Å². The van der Waals surface area contributed by atoms with Crippen molar-refractivity contribution in [2.24, 2.45) is 5.73 Å². The average molecular weight is 300 g/mol. The van der Waals surface area contributed by atoms with Crippen LogP contribution in [0.2, 0.25) is 4.34 Å². The molecule has 2 N–H and O–H groups in total. The molecule has 1 heterocycles. The summed E-state index contributed by atoms with van der Waals surface area (Å²) in [6, 6.07) is 7.96. The summed E-state index contributed by atoms with van der Waals surface area (Å²) in [6.07, 6.45) is -0.290. The Labute approximate surface area is 121 Å². The lowest BCUT2D eigenvalue weighted by atomic mass is 10.1. The zero-order valence-corrected chi connectivity index (χ0v) is 12.3. The predicted molar refractivity (Wildman–Crippen MR) is 77.5 cm³/mol. The zero-order chi connectivity index (χ0) is 14.0. The first-order valence-corrected chi connectivity index (χ1v) is 7.10. The lowest BCUT2D eigenvalue weighted by Gasteiger charge is -2.22. The molecule has 0 radical (unpaired) electrons. The normalized spacial score (nSPS) is 14.2. The van der Waals surface area contributed by atoms with Crippen molar-refractivity contribution in [3.63, 3.8) is 0 Å². The molecule has 2 nitrogen and oxygen atoms in total. The number of hydrogen-bond donors (Lipinski definition) is 1. The van der Waals surface area contributed by atoms with Crippen molar-refractivity contribution < 1.29 is 9.13 Å². The fourth-order valence-corrected chi connectivity index (χ4v) is 2.99. The Balaban J connectivity index is 2.26. The molecule has 102 valence electrons. The Morgan fingerprint density at radius 1 is 1.32 bits per heavy atom. The van der Waals surface area contributed by atoms with E-state index in [-0.39, 0.29) is 18.0 Å². The van der Waals surface area contributed by atoms with Crippen molar-refractivity contribution >= 4 is 22.9 Å². The van der Waals surface area contributed by atoms with Crippen molar-refractivity contribution in [1.29, 1.82) is 0 Å². The third-order valence-corrected chi connectivity index (χ3v) is 4.04. The van der Waals surface area contributed by atoms with Crippen LogP contribution in [0.1, 0.15) is 23.5 Å². The number of thiophene rings is 1. The molecule has 5 heteroatoms. The van der Waals surface area contributed by atoms with E-state index >= 15 is 0 Å². The van der Waals surface area contributed by atoms with Gasteiger partial charge in [-0.1, -0.05) is 11.6 Å². The van der Waals surface area contributed by atoms with E-state index < -0.39 is 0 Å². The van der Waals surface area contributed by atoms with Crippen LogP contribution in [0.4, 0.5) is 4.39 Å². The van der Waals surface area contributed by atoms with Gasteiger partial charge in [-0.15, -0.1) is 11.3 Å². The molecule has 0 aliphatic heterocycles. The number of aryl methyl sites for hydroxylation is 1. The summed E-state index contributed by atoms with van der Waals surface area (Å²) in [5.74, 6) is 0.356. The summed E-state index contributed by atoms with van der Waals surface area (Å²) in [6.45, 7) is 3.68. The van der Waals surface area contributed by atoms with Crippen molar-refractivity contribution in [3.8, 4) is 5.75 Å². The molecule has 0 saturated heterocycles. The Morgan fingerprint density at radius 2 is 2.05 bits per heavy atom. The van der Waals surface area contributed by atoms with Gasteiger partial charge in [-0.05, 0) is 49.7 Å². The topological polar surface area (TPSA) is 35.2 Å². The van der Waals surface area contributed by atoms with Gasteiger partial charge in [0.25, 0.3) is 0 Å². The molecule has 0 amide bonds. The number of ether oxygens (including phenoxy) is 1. The second-order valence-electron chi connectivity index (χ2n) is 4.45. The minimum atomic E-state index is -0.290. The highest BCUT2D eigenvalue weighted by Gasteiger charge is 2.21. The SMILES string of the molecule is Cc1cc(F)ccc1OC(c1ccc(Cl)s1)C(C)N. The molecule has 1 aromatic carbocycles. The van der Waals surface area contributed by atoms with Crippen LogP contribution < -0.4 is 10.5 Å². The number of rotatable bonds is 4. The fourth-order valence-electron chi connectivity index (χ4n) is 1.79. The van der Waals surface area contributed by atoms with E-state index in [1.807, 2.05) is 19.1 Å². The van der Waals surface area contributed by atoms with Crippen LogP contribution in [-0.2, 0) is 0 Å². The Hall–Kier alpha value is -1.10. The lowest BCUT2D eigenvalue weighted by molar-refractivity contribution is 0.182. The molecular formula is C14H15ClFNOS. The largest absolute Gasteiger partial charge is 0.483 e. The van der Waals surface area contributed by atoms with Crippen molar-refractivity contribution in [2.75, 3.05) is 0 Å². The van der Waals surface area contributed by atoms with E-state index in [2.05, 4.69) is 0 Å². The van der Waals surface area contributed by atoms with Gasteiger partial charge in [0.2, 0.25) is 0 Å². The molecule has 0 saturated carbocycles. The molecule has 0 aliphatic carbocycles. The number of benzene rings is 1. The second-order valence-corrected chi connectivity index (χ2v) is 6.20. The smallest absolute Gasteiger partial charge is 0.148 e. The standard InChI is InChI=1S/C14H15ClFNOS/c1-8-7-10(16)3-4-11(8)18-14(9(2)17)12-5-6-13(15)19-12/h3-7,9,14H,17H2,1-2H3. The molecule has 0 aliphatic rings. The third kappa shape index (κ3) is 3.47. The van der Waals surface area contributed by atoms with Crippen LogP contribution >= 0.6 is 22.9 Å². The van der Waals surface area contributed by atoms with Gasteiger partial charge in [-0.2, -0.15) is 0 Å². The van der Waals surface area contributed by atoms with Gasteiger partial charge in [0.15, 0.2) is 0 Å². The van der Waals surface area contributed by atoms with Gasteiger partial charge in [-0.25, -0.2) is 4.39 Å². The first-order chi connectivity index (χ1) is 8.97. The monoisotopic (exact) mass is 299 g/mol. The van der Waals surface area contributed by atoms with E-state index in [1.54, 1.807) is 13.0 Å². The maximum absolute atomic E-state index is 13.1. The first kappa shape index (κ1) is 14.3. The van der Waals surface area contributed by atoms with E-state index in [0.29, 0.717) is 10.1 Å². The van der Waals surface area contributed by atoms with Crippen molar-refractivity contribution in [3.05, 3.63) is 50.9 Å². The van der Waals surface area contributed by atoms with E-state index in [4.69, 9.17) is 22.1 Å². The maximum atomic E-state index is 13.1. The third-order valence-electron chi connectivity index (χ3n) is 2.74. The summed E-state index contributed by atoms with van der Waals surface area (Å²) in [4.78, 5) is 0.962. The van der Waals surface area contributed by atoms with Crippen molar-refractivity contribution in [2.45, 2.75) is 26.0 Å². The van der Waals surface area contributed by atoms with Gasteiger partial charge >= 0.3 is 0 Å².